The summed E-state index contributed by atoms with van der Waals surface area (Å²) < 4.78 is 0. The molecule has 0 heterocycles. The van der Waals surface area contributed by atoms with Crippen molar-refractivity contribution in [3.05, 3.63) is 0 Å². The van der Waals surface area contributed by atoms with Gasteiger partial charge in [0.1, 0.15) is 6.04 Å². The zero-order valence-corrected chi connectivity index (χ0v) is 12.7. The van der Waals surface area contributed by atoms with Gasteiger partial charge in [0.2, 0.25) is 0 Å². The molecule has 0 aliphatic heterocycles. The molecule has 1 atom stereocenters. The minimum atomic E-state index is -0.896. The molecule has 4 nitrogen and oxygen atoms in total. The van der Waals surface area contributed by atoms with E-state index in [0.717, 1.165) is 6.42 Å². The summed E-state index contributed by atoms with van der Waals surface area (Å²) in [5.41, 5.74) is 0. The van der Waals surface area contributed by atoms with E-state index in [-0.39, 0.29) is 72.1 Å². The summed E-state index contributed by atoms with van der Waals surface area (Å²) in [6.07, 6.45) is 1.17. The largest absolute Gasteiger partial charge is 0.480 e. The average molecular weight is 207 g/mol. The molecule has 0 aromatic rings. The summed E-state index contributed by atoms with van der Waals surface area (Å²) in [4.78, 5) is 10.4. The Kier molecular flexibility index (Phi) is 20.5. The second kappa shape index (κ2) is 13.4. The Morgan fingerprint density at radius 1 is 1.46 bits per heavy atom. The number of hydrogen-bond acceptors (Lipinski definition) is 3. The van der Waals surface area contributed by atoms with Crippen LogP contribution >= 0.6 is 0 Å². The zero-order chi connectivity index (χ0) is 8.69. The van der Waals surface area contributed by atoms with Crippen LogP contribution in [0.1, 0.15) is 19.8 Å². The molecule has 0 aliphatic carbocycles. The molecule has 3 N–H and O–H groups in total. The maximum atomic E-state index is 10.4. The van der Waals surface area contributed by atoms with Gasteiger partial charge in [-0.15, -0.1) is 0 Å². The Balaban J connectivity index is -0.000000500. The summed E-state index contributed by atoms with van der Waals surface area (Å²) >= 11 is 0. The Labute approximate surface area is 123 Å². The Bertz CT molecular complexity index is 124. The van der Waals surface area contributed by atoms with Gasteiger partial charge in [-0.05, 0) is 19.4 Å². The van der Waals surface area contributed by atoms with Crippen LogP contribution in [0.5, 0.6) is 0 Å². The van der Waals surface area contributed by atoms with Crippen molar-refractivity contribution in [1.29, 1.82) is 0 Å². The van der Waals surface area contributed by atoms with Crippen molar-refractivity contribution in [3.63, 3.8) is 0 Å². The third-order valence-corrected chi connectivity index (χ3v) is 1.36. The fourth-order valence-corrected chi connectivity index (χ4v) is 0.761. The number of carbonyl (C=O) groups is 1. The number of carboxylic acid groups (broad SMARTS) is 1. The monoisotopic (exact) mass is 207 g/mol. The fourth-order valence-electron chi connectivity index (χ4n) is 0.761. The molecule has 0 spiro atoms. The molecule has 0 amide bonds. The summed E-state index contributed by atoms with van der Waals surface area (Å²) in [6.45, 7) is 2.55. The molecular formula is C7H15NNa2O3. The SMILES string of the molecule is CCCN[C@@H](CCO)C(=O)O.[Na].[Na]. The molecule has 68 valence electrons. The number of aliphatic carboxylic acids is 1. The van der Waals surface area contributed by atoms with Gasteiger partial charge in [0.25, 0.3) is 0 Å². The summed E-state index contributed by atoms with van der Waals surface area (Å²) in [7, 11) is 0. The minimum Gasteiger partial charge on any atom is -0.480 e. The second-order valence-corrected chi connectivity index (χ2v) is 2.36. The first-order chi connectivity index (χ1) is 5.22. The van der Waals surface area contributed by atoms with Crippen molar-refractivity contribution in [1.82, 2.24) is 5.32 Å². The third-order valence-electron chi connectivity index (χ3n) is 1.36. The van der Waals surface area contributed by atoms with Gasteiger partial charge in [-0.2, -0.15) is 0 Å². The third kappa shape index (κ3) is 11.3. The molecule has 13 heavy (non-hydrogen) atoms. The number of aliphatic hydroxyl groups is 1. The molecule has 0 aromatic heterocycles. The first-order valence-electron chi connectivity index (χ1n) is 3.79. The van der Waals surface area contributed by atoms with Gasteiger partial charge in [0.05, 0.1) is 0 Å². The number of hydrogen-bond donors (Lipinski definition) is 3. The van der Waals surface area contributed by atoms with Crippen molar-refractivity contribution < 1.29 is 15.0 Å². The van der Waals surface area contributed by atoms with E-state index in [1.807, 2.05) is 6.92 Å². The quantitative estimate of drug-likeness (QED) is 0.492. The van der Waals surface area contributed by atoms with Crippen LogP contribution in [0.2, 0.25) is 0 Å². The molecule has 0 aromatic carbocycles. The van der Waals surface area contributed by atoms with Crippen molar-refractivity contribution in [2.45, 2.75) is 25.8 Å². The van der Waals surface area contributed by atoms with Crippen molar-refractivity contribution in [3.8, 4) is 0 Å². The van der Waals surface area contributed by atoms with Crippen LogP contribution in [-0.4, -0.2) is 94.5 Å². The summed E-state index contributed by atoms with van der Waals surface area (Å²) in [5, 5.41) is 19.8. The van der Waals surface area contributed by atoms with Crippen molar-refractivity contribution in [2.75, 3.05) is 13.2 Å². The van der Waals surface area contributed by atoms with E-state index in [2.05, 4.69) is 5.32 Å². The molecule has 2 radical (unpaired) electrons. The summed E-state index contributed by atoms with van der Waals surface area (Å²) in [6, 6.07) is -0.597. The topological polar surface area (TPSA) is 69.6 Å². The van der Waals surface area contributed by atoms with E-state index in [1.165, 1.54) is 0 Å². The molecule has 0 bridgehead atoms. The molecule has 0 rings (SSSR count). The Morgan fingerprint density at radius 3 is 2.31 bits per heavy atom. The van der Waals surface area contributed by atoms with Crippen molar-refractivity contribution >= 4 is 65.1 Å². The predicted octanol–water partition coefficient (Wildman–Crippen LogP) is -0.940. The van der Waals surface area contributed by atoms with Crippen LogP contribution in [0.3, 0.4) is 0 Å². The molecule has 0 fully saturated rings. The first-order valence-corrected chi connectivity index (χ1v) is 3.79. The van der Waals surface area contributed by atoms with Gasteiger partial charge >= 0.3 is 5.97 Å². The number of rotatable bonds is 6. The van der Waals surface area contributed by atoms with Gasteiger partial charge in [-0.3, -0.25) is 4.79 Å². The number of nitrogens with one attached hydrogen (secondary N) is 1. The van der Waals surface area contributed by atoms with Crippen LogP contribution in [0.4, 0.5) is 0 Å². The van der Waals surface area contributed by atoms with E-state index in [1.54, 1.807) is 0 Å². The summed E-state index contributed by atoms with van der Waals surface area (Å²) in [5.74, 6) is -0.896. The van der Waals surface area contributed by atoms with Crippen molar-refractivity contribution in [2.24, 2.45) is 0 Å². The predicted molar refractivity (Wildman–Crippen MR) is 52.9 cm³/mol. The van der Waals surface area contributed by atoms with Crippen LogP contribution in [0.25, 0.3) is 0 Å². The van der Waals surface area contributed by atoms with Gasteiger partial charge in [0, 0.05) is 65.7 Å². The molecule has 0 saturated heterocycles. The van der Waals surface area contributed by atoms with E-state index >= 15 is 0 Å². The minimum absolute atomic E-state index is 0. The smallest absolute Gasteiger partial charge is 0.320 e. The van der Waals surface area contributed by atoms with E-state index < -0.39 is 12.0 Å². The number of carboxylic acids is 1. The molecule has 6 heteroatoms. The van der Waals surface area contributed by atoms with Gasteiger partial charge in [-0.25, -0.2) is 0 Å². The van der Waals surface area contributed by atoms with E-state index in [0.29, 0.717) is 6.54 Å². The maximum Gasteiger partial charge on any atom is 0.320 e. The molecule has 0 unspecified atom stereocenters. The molecule has 0 aliphatic rings. The van der Waals surface area contributed by atoms with Crippen LogP contribution in [0, 0.1) is 0 Å². The average Bonchev–Trinajstić information content (AvgIpc) is 1.97. The first kappa shape index (κ1) is 19.9. The zero-order valence-electron chi connectivity index (χ0n) is 8.71. The van der Waals surface area contributed by atoms with Gasteiger partial charge in [-0.1, -0.05) is 6.92 Å². The van der Waals surface area contributed by atoms with Crippen LogP contribution in [-0.2, 0) is 4.79 Å². The Hall–Kier alpha value is 1.39. The van der Waals surface area contributed by atoms with Crippen LogP contribution in [0.15, 0.2) is 0 Å². The van der Waals surface area contributed by atoms with Gasteiger partial charge < -0.3 is 15.5 Å². The second-order valence-electron chi connectivity index (χ2n) is 2.36. The molecule has 0 saturated carbocycles. The van der Waals surface area contributed by atoms with E-state index in [9.17, 15) is 4.79 Å². The number of aliphatic hydroxyl groups excluding tert-OH is 1. The maximum absolute atomic E-state index is 10.4. The Morgan fingerprint density at radius 2 is 2.00 bits per heavy atom. The molecular weight excluding hydrogens is 192 g/mol. The standard InChI is InChI=1S/C7H15NO3.2Na/c1-2-4-8-6(3-5-9)7(10)11;;/h6,8-9H,2-5H2,1H3,(H,10,11);;/t6-;;/m0../s1. The van der Waals surface area contributed by atoms with Gasteiger partial charge in [0.15, 0.2) is 0 Å². The van der Waals surface area contributed by atoms with E-state index in [4.69, 9.17) is 10.2 Å². The van der Waals surface area contributed by atoms with Crippen LogP contribution < -0.4 is 5.32 Å². The fraction of sp³-hybridized carbons (Fsp3) is 0.857. The normalized spacial score (nSPS) is 10.9.